The highest BCUT2D eigenvalue weighted by Crippen LogP contribution is 2.41. The molecule has 0 aliphatic rings. The standard InChI is InChI=1S/C26H22ClFN2O4S/c1-26(2,3)21-10-7-16(14-22(21)28)30(35(33)34)23-11-6-15(27)13-20(23)17-8-9-19(25(31)32)24-18(17)5-4-12-29-24/h4-14H,1-3H3,(H,31,32)(H,33,34). The number of nitrogens with zero attached hydrogens (tertiary/aromatic N) is 2. The Labute approximate surface area is 209 Å². The van der Waals surface area contributed by atoms with Crippen LogP contribution in [0.15, 0.2) is 66.9 Å². The van der Waals surface area contributed by atoms with Gasteiger partial charge in [0.1, 0.15) is 5.82 Å². The molecule has 0 saturated heterocycles. The second kappa shape index (κ2) is 9.37. The third kappa shape index (κ3) is 4.77. The number of hydrogen-bond acceptors (Lipinski definition) is 3. The van der Waals surface area contributed by atoms with E-state index in [9.17, 15) is 18.7 Å². The van der Waals surface area contributed by atoms with Gasteiger partial charge in [-0.25, -0.2) is 17.7 Å². The molecule has 0 amide bonds. The van der Waals surface area contributed by atoms with Crippen LogP contribution in [0.2, 0.25) is 5.02 Å². The third-order valence-electron chi connectivity index (χ3n) is 5.62. The van der Waals surface area contributed by atoms with E-state index in [0.29, 0.717) is 27.1 Å². The molecule has 180 valence electrons. The first kappa shape index (κ1) is 24.8. The summed E-state index contributed by atoms with van der Waals surface area (Å²) in [6.07, 6.45) is 1.49. The number of fused-ring (bicyclic) bond motifs is 1. The summed E-state index contributed by atoms with van der Waals surface area (Å²) in [5.41, 5.74) is 1.78. The Kier molecular flexibility index (Phi) is 6.64. The number of carboxylic acid groups (broad SMARTS) is 1. The van der Waals surface area contributed by atoms with Crippen molar-refractivity contribution in [3.05, 3.63) is 88.8 Å². The maximum absolute atomic E-state index is 15.0. The van der Waals surface area contributed by atoms with Crippen LogP contribution in [-0.2, 0) is 16.7 Å². The molecule has 1 aromatic heterocycles. The van der Waals surface area contributed by atoms with Crippen LogP contribution in [0.1, 0.15) is 36.7 Å². The molecule has 4 rings (SSSR count). The van der Waals surface area contributed by atoms with E-state index in [1.54, 1.807) is 48.5 Å². The summed E-state index contributed by atoms with van der Waals surface area (Å²) in [5, 5.41) is 10.5. The van der Waals surface area contributed by atoms with Crippen LogP contribution >= 0.6 is 11.6 Å². The Balaban J connectivity index is 1.97. The Bertz CT molecular complexity index is 1490. The van der Waals surface area contributed by atoms with Crippen LogP contribution in [0.5, 0.6) is 0 Å². The maximum atomic E-state index is 15.0. The molecule has 0 bridgehead atoms. The van der Waals surface area contributed by atoms with Crippen molar-refractivity contribution in [1.82, 2.24) is 4.98 Å². The number of carbonyl (C=O) groups is 1. The number of aromatic nitrogens is 1. The van der Waals surface area contributed by atoms with E-state index in [-0.39, 0.29) is 22.5 Å². The monoisotopic (exact) mass is 512 g/mol. The van der Waals surface area contributed by atoms with Crippen LogP contribution in [0, 0.1) is 5.82 Å². The van der Waals surface area contributed by atoms with Gasteiger partial charge in [0.25, 0.3) is 11.3 Å². The van der Waals surface area contributed by atoms with Crippen molar-refractivity contribution in [3.63, 3.8) is 0 Å². The van der Waals surface area contributed by atoms with E-state index in [0.717, 1.165) is 4.31 Å². The highest BCUT2D eigenvalue weighted by Gasteiger charge is 2.25. The van der Waals surface area contributed by atoms with Gasteiger partial charge in [-0.3, -0.25) is 9.54 Å². The molecule has 0 aliphatic carbocycles. The number of aromatic carboxylic acids is 1. The molecule has 0 radical (unpaired) electrons. The van der Waals surface area contributed by atoms with Crippen LogP contribution in [0.25, 0.3) is 22.0 Å². The zero-order valence-electron chi connectivity index (χ0n) is 19.1. The van der Waals surface area contributed by atoms with E-state index in [1.165, 1.54) is 18.3 Å². The molecule has 1 atom stereocenters. The SMILES string of the molecule is CC(C)(C)c1ccc(N(c2ccc(Cl)cc2-c2ccc(C(=O)O)c3ncccc23)S(=O)O)cc1F. The minimum absolute atomic E-state index is 0.0235. The molecular formula is C26H22ClFN2O4S. The second-order valence-electron chi connectivity index (χ2n) is 8.97. The number of anilines is 2. The van der Waals surface area contributed by atoms with Crippen molar-refractivity contribution in [2.45, 2.75) is 26.2 Å². The van der Waals surface area contributed by atoms with Crippen molar-refractivity contribution < 1.29 is 23.1 Å². The molecule has 4 aromatic rings. The fraction of sp³-hybridized carbons (Fsp3) is 0.154. The van der Waals surface area contributed by atoms with Crippen LogP contribution in [-0.4, -0.2) is 24.8 Å². The third-order valence-corrected chi connectivity index (χ3v) is 6.57. The average Bonchev–Trinajstić information content (AvgIpc) is 2.78. The molecule has 0 saturated carbocycles. The molecule has 6 nitrogen and oxygen atoms in total. The van der Waals surface area contributed by atoms with Gasteiger partial charge in [-0.15, -0.1) is 0 Å². The summed E-state index contributed by atoms with van der Waals surface area (Å²) in [6, 6.07) is 15.6. The fourth-order valence-electron chi connectivity index (χ4n) is 4.03. The zero-order chi connectivity index (χ0) is 25.5. The molecule has 35 heavy (non-hydrogen) atoms. The van der Waals surface area contributed by atoms with Gasteiger partial charge in [0, 0.05) is 22.2 Å². The quantitative estimate of drug-likeness (QED) is 0.282. The average molecular weight is 513 g/mol. The fourth-order valence-corrected chi connectivity index (χ4v) is 4.83. The lowest BCUT2D eigenvalue weighted by molar-refractivity contribution is 0.0699. The Hall–Kier alpha value is -3.33. The number of rotatable bonds is 5. The molecule has 2 N–H and O–H groups in total. The smallest absolute Gasteiger partial charge is 0.337 e. The molecule has 0 spiro atoms. The van der Waals surface area contributed by atoms with Crippen LogP contribution in [0.4, 0.5) is 15.8 Å². The Morgan fingerprint density at radius 1 is 1.06 bits per heavy atom. The van der Waals surface area contributed by atoms with E-state index >= 15 is 4.39 Å². The molecule has 1 unspecified atom stereocenters. The number of carboxylic acids is 1. The number of benzene rings is 3. The van der Waals surface area contributed by atoms with Crippen molar-refractivity contribution in [1.29, 1.82) is 0 Å². The molecule has 1 heterocycles. The van der Waals surface area contributed by atoms with Gasteiger partial charge in [0.05, 0.1) is 22.5 Å². The van der Waals surface area contributed by atoms with E-state index in [4.69, 9.17) is 11.6 Å². The largest absolute Gasteiger partial charge is 0.478 e. The van der Waals surface area contributed by atoms with Crippen molar-refractivity contribution in [2.24, 2.45) is 0 Å². The normalized spacial score (nSPS) is 12.5. The molecule has 0 aliphatic heterocycles. The van der Waals surface area contributed by atoms with Gasteiger partial charge >= 0.3 is 5.97 Å². The summed E-state index contributed by atoms with van der Waals surface area (Å²) < 4.78 is 38.9. The van der Waals surface area contributed by atoms with Crippen molar-refractivity contribution >= 4 is 51.1 Å². The van der Waals surface area contributed by atoms with Crippen LogP contribution in [0.3, 0.4) is 0 Å². The number of halogens is 2. The minimum atomic E-state index is -2.56. The second-order valence-corrected chi connectivity index (χ2v) is 10.2. The van der Waals surface area contributed by atoms with Crippen LogP contribution < -0.4 is 4.31 Å². The van der Waals surface area contributed by atoms with E-state index in [1.807, 2.05) is 20.8 Å². The lowest BCUT2D eigenvalue weighted by atomic mass is 9.86. The van der Waals surface area contributed by atoms with Gasteiger partial charge in [-0.1, -0.05) is 50.6 Å². The molecular weight excluding hydrogens is 491 g/mol. The Morgan fingerprint density at radius 3 is 2.43 bits per heavy atom. The van der Waals surface area contributed by atoms with E-state index in [2.05, 4.69) is 4.98 Å². The summed E-state index contributed by atoms with van der Waals surface area (Å²) in [7, 11) is 0. The van der Waals surface area contributed by atoms with Gasteiger partial charge in [-0.05, 0) is 59.0 Å². The highest BCUT2D eigenvalue weighted by atomic mass is 35.5. The Morgan fingerprint density at radius 2 is 1.80 bits per heavy atom. The first-order valence-corrected chi connectivity index (χ1v) is 12.1. The van der Waals surface area contributed by atoms with Gasteiger partial charge in [-0.2, -0.15) is 0 Å². The molecule has 3 aromatic carbocycles. The molecule has 0 fully saturated rings. The van der Waals surface area contributed by atoms with Crippen molar-refractivity contribution in [3.8, 4) is 11.1 Å². The number of hydrogen-bond donors (Lipinski definition) is 2. The minimum Gasteiger partial charge on any atom is -0.478 e. The topological polar surface area (TPSA) is 90.7 Å². The van der Waals surface area contributed by atoms with E-state index < -0.39 is 28.5 Å². The first-order valence-electron chi connectivity index (χ1n) is 10.6. The summed E-state index contributed by atoms with van der Waals surface area (Å²) in [6.45, 7) is 5.64. The van der Waals surface area contributed by atoms with Gasteiger partial charge < -0.3 is 5.11 Å². The number of pyridine rings is 1. The summed E-state index contributed by atoms with van der Waals surface area (Å²) in [4.78, 5) is 16.0. The summed E-state index contributed by atoms with van der Waals surface area (Å²) >= 11 is 3.74. The summed E-state index contributed by atoms with van der Waals surface area (Å²) in [5.74, 6) is -1.62. The van der Waals surface area contributed by atoms with Gasteiger partial charge in [0.2, 0.25) is 0 Å². The highest BCUT2D eigenvalue weighted by molar-refractivity contribution is 7.81. The lowest BCUT2D eigenvalue weighted by Crippen LogP contribution is -2.21. The molecule has 9 heteroatoms. The van der Waals surface area contributed by atoms with Gasteiger partial charge in [0.15, 0.2) is 0 Å². The zero-order valence-corrected chi connectivity index (χ0v) is 20.7. The predicted molar refractivity (Wildman–Crippen MR) is 137 cm³/mol. The lowest BCUT2D eigenvalue weighted by Gasteiger charge is -2.26. The predicted octanol–water partition coefficient (Wildman–Crippen LogP) is 6.96. The maximum Gasteiger partial charge on any atom is 0.337 e. The first-order chi connectivity index (χ1) is 16.5. The van der Waals surface area contributed by atoms with Crippen molar-refractivity contribution in [2.75, 3.05) is 4.31 Å².